The van der Waals surface area contributed by atoms with Crippen LogP contribution in [0.5, 0.6) is 0 Å². The fourth-order valence-electron chi connectivity index (χ4n) is 1.90. The number of carbonyl (C=O) groups excluding carboxylic acids is 1. The summed E-state index contributed by atoms with van der Waals surface area (Å²) in [6.07, 6.45) is 0.498. The second-order valence-corrected chi connectivity index (χ2v) is 4.88. The molecule has 4 nitrogen and oxygen atoms in total. The molecule has 0 aliphatic carbocycles. The molecule has 5 heteroatoms. The summed E-state index contributed by atoms with van der Waals surface area (Å²) in [5.41, 5.74) is 7.13. The third kappa shape index (κ3) is 1.70. The molecule has 0 spiro atoms. The van der Waals surface area contributed by atoms with E-state index >= 15 is 0 Å². The zero-order valence-corrected chi connectivity index (χ0v) is 9.88. The van der Waals surface area contributed by atoms with Crippen molar-refractivity contribution >= 4 is 22.2 Å². The van der Waals surface area contributed by atoms with E-state index in [0.717, 1.165) is 10.6 Å². The van der Waals surface area contributed by atoms with Gasteiger partial charge in [-0.15, -0.1) is 11.3 Å². The molecule has 1 unspecified atom stereocenters. The van der Waals surface area contributed by atoms with E-state index in [2.05, 4.69) is 6.07 Å². The molecule has 1 fully saturated rings. The van der Waals surface area contributed by atoms with Gasteiger partial charge in [-0.1, -0.05) is 0 Å². The third-order valence-electron chi connectivity index (χ3n) is 2.85. The monoisotopic (exact) mass is 235 g/mol. The number of nitrogens with zero attached hydrogens (tertiary/aromatic N) is 2. The van der Waals surface area contributed by atoms with E-state index in [-0.39, 0.29) is 11.8 Å². The van der Waals surface area contributed by atoms with Crippen molar-refractivity contribution in [1.82, 2.24) is 0 Å². The number of amides is 1. The van der Waals surface area contributed by atoms with Crippen LogP contribution in [0.2, 0.25) is 0 Å². The molecule has 2 rings (SSSR count). The molecule has 2 heterocycles. The Hall–Kier alpha value is -1.38. The van der Waals surface area contributed by atoms with E-state index in [1.54, 1.807) is 4.90 Å². The highest BCUT2D eigenvalue weighted by atomic mass is 32.1. The summed E-state index contributed by atoms with van der Waals surface area (Å²) in [6, 6.07) is 2.16. The van der Waals surface area contributed by atoms with Crippen molar-refractivity contribution in [3.63, 3.8) is 0 Å². The van der Waals surface area contributed by atoms with Gasteiger partial charge in [0, 0.05) is 13.0 Å². The normalized spacial score (nSPS) is 20.2. The predicted molar refractivity (Wildman–Crippen MR) is 63.3 cm³/mol. The highest BCUT2D eigenvalue weighted by Crippen LogP contribution is 2.34. The van der Waals surface area contributed by atoms with Gasteiger partial charge in [-0.3, -0.25) is 4.79 Å². The molecule has 0 aromatic carbocycles. The highest BCUT2D eigenvalue weighted by Gasteiger charge is 2.32. The highest BCUT2D eigenvalue weighted by molar-refractivity contribution is 7.14. The molecular weight excluding hydrogens is 222 g/mol. The molecule has 1 aliphatic rings. The van der Waals surface area contributed by atoms with E-state index in [0.29, 0.717) is 25.1 Å². The van der Waals surface area contributed by atoms with Gasteiger partial charge in [0.2, 0.25) is 5.91 Å². The minimum Gasteiger partial charge on any atom is -0.330 e. The van der Waals surface area contributed by atoms with Crippen molar-refractivity contribution in [2.45, 2.75) is 13.3 Å². The molecule has 16 heavy (non-hydrogen) atoms. The SMILES string of the molecule is Cc1csc(N2CC(CN)CC2=O)c1C#N. The van der Waals surface area contributed by atoms with Crippen molar-refractivity contribution < 1.29 is 4.79 Å². The van der Waals surface area contributed by atoms with Crippen molar-refractivity contribution in [3.05, 3.63) is 16.5 Å². The van der Waals surface area contributed by atoms with Crippen LogP contribution in [0, 0.1) is 24.2 Å². The van der Waals surface area contributed by atoms with E-state index in [9.17, 15) is 4.79 Å². The molecule has 0 bridgehead atoms. The van der Waals surface area contributed by atoms with Gasteiger partial charge in [-0.2, -0.15) is 5.26 Å². The van der Waals surface area contributed by atoms with Crippen molar-refractivity contribution in [2.24, 2.45) is 11.7 Å². The summed E-state index contributed by atoms with van der Waals surface area (Å²) in [5.74, 6) is 0.301. The Morgan fingerprint density at radius 2 is 2.50 bits per heavy atom. The molecular formula is C11H13N3OS. The number of hydrogen-bond donors (Lipinski definition) is 1. The van der Waals surface area contributed by atoms with Crippen LogP contribution in [0.1, 0.15) is 17.5 Å². The van der Waals surface area contributed by atoms with Crippen LogP contribution >= 0.6 is 11.3 Å². The van der Waals surface area contributed by atoms with Gasteiger partial charge in [0.05, 0.1) is 5.56 Å². The van der Waals surface area contributed by atoms with Gasteiger partial charge < -0.3 is 10.6 Å². The number of anilines is 1. The van der Waals surface area contributed by atoms with Crippen LogP contribution in [0.4, 0.5) is 5.00 Å². The molecule has 1 saturated heterocycles. The maximum atomic E-state index is 11.8. The van der Waals surface area contributed by atoms with Crippen LogP contribution in [-0.2, 0) is 4.79 Å². The van der Waals surface area contributed by atoms with Gasteiger partial charge in [-0.25, -0.2) is 0 Å². The van der Waals surface area contributed by atoms with Gasteiger partial charge in [0.1, 0.15) is 11.1 Å². The smallest absolute Gasteiger partial charge is 0.228 e. The molecule has 1 amide bonds. The van der Waals surface area contributed by atoms with E-state index < -0.39 is 0 Å². The number of nitrogens with two attached hydrogens (primary N) is 1. The van der Waals surface area contributed by atoms with Gasteiger partial charge in [0.15, 0.2) is 0 Å². The lowest BCUT2D eigenvalue weighted by Gasteiger charge is -2.14. The summed E-state index contributed by atoms with van der Waals surface area (Å²) in [6.45, 7) is 3.05. The standard InChI is InChI=1S/C11H13N3OS/c1-7-6-16-11(9(7)4-13)14-5-8(3-12)2-10(14)15/h6,8H,2-3,5,12H2,1H3. The maximum Gasteiger partial charge on any atom is 0.228 e. The fourth-order valence-corrected chi connectivity index (χ4v) is 2.94. The van der Waals surface area contributed by atoms with Gasteiger partial charge in [-0.05, 0) is 30.3 Å². The predicted octanol–water partition coefficient (Wildman–Crippen LogP) is 1.24. The number of nitriles is 1. The summed E-state index contributed by atoms with van der Waals surface area (Å²) < 4.78 is 0. The molecule has 0 saturated carbocycles. The Labute approximate surface area is 98.3 Å². The fraction of sp³-hybridized carbons (Fsp3) is 0.455. The number of hydrogen-bond acceptors (Lipinski definition) is 4. The van der Waals surface area contributed by atoms with Crippen LogP contribution in [0.15, 0.2) is 5.38 Å². The number of rotatable bonds is 2. The van der Waals surface area contributed by atoms with Crippen molar-refractivity contribution in [1.29, 1.82) is 5.26 Å². The van der Waals surface area contributed by atoms with Crippen LogP contribution in [-0.4, -0.2) is 19.0 Å². The molecule has 84 valence electrons. The van der Waals surface area contributed by atoms with E-state index in [4.69, 9.17) is 11.0 Å². The van der Waals surface area contributed by atoms with Crippen LogP contribution in [0.3, 0.4) is 0 Å². The average Bonchev–Trinajstić information content (AvgIpc) is 2.81. The summed E-state index contributed by atoms with van der Waals surface area (Å²) in [7, 11) is 0. The maximum absolute atomic E-state index is 11.8. The van der Waals surface area contributed by atoms with Crippen molar-refractivity contribution in [2.75, 3.05) is 18.0 Å². The average molecular weight is 235 g/mol. The second kappa shape index (κ2) is 4.24. The topological polar surface area (TPSA) is 70.1 Å². The Bertz CT molecular complexity index is 460. The Kier molecular flexibility index (Phi) is 2.95. The Morgan fingerprint density at radius 1 is 1.75 bits per heavy atom. The van der Waals surface area contributed by atoms with Crippen LogP contribution in [0.25, 0.3) is 0 Å². The van der Waals surface area contributed by atoms with Crippen molar-refractivity contribution in [3.8, 4) is 6.07 Å². The van der Waals surface area contributed by atoms with E-state index in [1.807, 2.05) is 12.3 Å². The molecule has 1 atom stereocenters. The lowest BCUT2D eigenvalue weighted by molar-refractivity contribution is -0.117. The molecule has 2 N–H and O–H groups in total. The quantitative estimate of drug-likeness (QED) is 0.838. The zero-order chi connectivity index (χ0) is 11.7. The van der Waals surface area contributed by atoms with Gasteiger partial charge >= 0.3 is 0 Å². The first-order valence-corrected chi connectivity index (χ1v) is 6.04. The number of carbonyl (C=O) groups is 1. The second-order valence-electron chi connectivity index (χ2n) is 4.02. The zero-order valence-electron chi connectivity index (χ0n) is 9.06. The summed E-state index contributed by atoms with van der Waals surface area (Å²) in [5, 5.41) is 11.7. The lowest BCUT2D eigenvalue weighted by Crippen LogP contribution is -2.25. The molecule has 0 radical (unpaired) electrons. The first kappa shape index (κ1) is 11.1. The number of aryl methyl sites for hydroxylation is 1. The third-order valence-corrected chi connectivity index (χ3v) is 3.97. The summed E-state index contributed by atoms with van der Waals surface area (Å²) in [4.78, 5) is 13.5. The molecule has 1 aromatic heterocycles. The lowest BCUT2D eigenvalue weighted by atomic mass is 10.1. The minimum atomic E-state index is 0.0776. The van der Waals surface area contributed by atoms with Gasteiger partial charge in [0.25, 0.3) is 0 Å². The minimum absolute atomic E-state index is 0.0776. The molecule has 1 aromatic rings. The first-order chi connectivity index (χ1) is 7.67. The molecule has 1 aliphatic heterocycles. The number of thiophene rings is 1. The Morgan fingerprint density at radius 3 is 3.06 bits per heavy atom. The summed E-state index contributed by atoms with van der Waals surface area (Å²) >= 11 is 1.46. The largest absolute Gasteiger partial charge is 0.330 e. The van der Waals surface area contributed by atoms with Crippen LogP contribution < -0.4 is 10.6 Å². The Balaban J connectivity index is 2.32. The first-order valence-electron chi connectivity index (χ1n) is 5.16. The van der Waals surface area contributed by atoms with E-state index in [1.165, 1.54) is 11.3 Å².